The second-order valence-electron chi connectivity index (χ2n) is 5.17. The molecule has 1 aliphatic heterocycles. The topological polar surface area (TPSA) is 42.2 Å². The molecule has 3 rings (SSSR count). The van der Waals surface area contributed by atoms with E-state index in [9.17, 15) is 0 Å². The molecular weight excluding hydrogens is 274 g/mol. The quantitative estimate of drug-likeness (QED) is 0.846. The number of aryl methyl sites for hydroxylation is 1. The number of nitrogens with zero attached hydrogens (tertiary/aromatic N) is 3. The Kier molecular flexibility index (Phi) is 4.33. The van der Waals surface area contributed by atoms with Crippen LogP contribution in [0.3, 0.4) is 0 Å². The summed E-state index contributed by atoms with van der Waals surface area (Å²) in [5.74, 6) is 1.35. The third kappa shape index (κ3) is 3.38. The van der Waals surface area contributed by atoms with Gasteiger partial charge in [-0.25, -0.2) is 0 Å². The van der Waals surface area contributed by atoms with Crippen LogP contribution in [0.5, 0.6) is 0 Å². The summed E-state index contributed by atoms with van der Waals surface area (Å²) in [7, 11) is 0. The van der Waals surface area contributed by atoms with Gasteiger partial charge >= 0.3 is 0 Å². The van der Waals surface area contributed by atoms with Gasteiger partial charge in [0.25, 0.3) is 0 Å². The molecule has 0 bridgehead atoms. The van der Waals surface area contributed by atoms with Gasteiger partial charge in [-0.05, 0) is 63.2 Å². The average Bonchev–Trinajstić information content (AvgIpc) is 3.11. The molecular formula is C15H18ClN3O. The van der Waals surface area contributed by atoms with Gasteiger partial charge in [-0.3, -0.25) is 0 Å². The highest BCUT2D eigenvalue weighted by Crippen LogP contribution is 2.19. The van der Waals surface area contributed by atoms with E-state index in [4.69, 9.17) is 16.1 Å². The van der Waals surface area contributed by atoms with E-state index in [-0.39, 0.29) is 0 Å². The number of hydrogen-bond donors (Lipinski definition) is 0. The molecule has 0 unspecified atom stereocenters. The molecule has 1 aromatic heterocycles. The standard InChI is InChI=1S/C15H18ClN3O/c16-13-7-5-12(6-8-13)15-17-14(20-18-15)4-3-11-19-9-1-2-10-19/h5-8H,1-4,9-11H2. The molecule has 0 saturated carbocycles. The Labute approximate surface area is 123 Å². The SMILES string of the molecule is Clc1ccc(-c2noc(CCCN3CCCC3)n2)cc1. The van der Waals surface area contributed by atoms with Crippen LogP contribution in [0.4, 0.5) is 0 Å². The predicted molar refractivity (Wildman–Crippen MR) is 78.7 cm³/mol. The fourth-order valence-electron chi connectivity index (χ4n) is 2.53. The molecule has 1 fully saturated rings. The van der Waals surface area contributed by atoms with Crippen LogP contribution in [-0.2, 0) is 6.42 Å². The van der Waals surface area contributed by atoms with Crippen molar-refractivity contribution in [3.05, 3.63) is 35.2 Å². The lowest BCUT2D eigenvalue weighted by Gasteiger charge is -2.12. The first-order chi connectivity index (χ1) is 9.81. The highest BCUT2D eigenvalue weighted by molar-refractivity contribution is 6.30. The van der Waals surface area contributed by atoms with Gasteiger partial charge in [0.2, 0.25) is 11.7 Å². The molecule has 4 nitrogen and oxygen atoms in total. The summed E-state index contributed by atoms with van der Waals surface area (Å²) in [6.07, 6.45) is 4.59. The van der Waals surface area contributed by atoms with E-state index in [1.807, 2.05) is 24.3 Å². The molecule has 0 amide bonds. The maximum absolute atomic E-state index is 5.87. The van der Waals surface area contributed by atoms with Gasteiger partial charge in [0.1, 0.15) is 0 Å². The summed E-state index contributed by atoms with van der Waals surface area (Å²) in [6, 6.07) is 7.48. The first kappa shape index (κ1) is 13.6. The van der Waals surface area contributed by atoms with Crippen LogP contribution < -0.4 is 0 Å². The Morgan fingerprint density at radius 3 is 2.65 bits per heavy atom. The predicted octanol–water partition coefficient (Wildman–Crippen LogP) is 3.42. The minimum atomic E-state index is 0.637. The van der Waals surface area contributed by atoms with Crippen molar-refractivity contribution in [2.24, 2.45) is 0 Å². The van der Waals surface area contributed by atoms with Gasteiger partial charge in [-0.1, -0.05) is 16.8 Å². The van der Waals surface area contributed by atoms with Crippen LogP contribution in [-0.4, -0.2) is 34.7 Å². The third-order valence-electron chi connectivity index (χ3n) is 3.63. The molecule has 2 aromatic rings. The van der Waals surface area contributed by atoms with Crippen LogP contribution in [0, 0.1) is 0 Å². The number of halogens is 1. The highest BCUT2D eigenvalue weighted by Gasteiger charge is 2.12. The Hall–Kier alpha value is -1.39. The summed E-state index contributed by atoms with van der Waals surface area (Å²) in [5, 5.41) is 4.73. The average molecular weight is 292 g/mol. The number of aromatic nitrogens is 2. The first-order valence-electron chi connectivity index (χ1n) is 7.12. The Balaban J connectivity index is 1.55. The van der Waals surface area contributed by atoms with Gasteiger partial charge in [0, 0.05) is 17.0 Å². The second-order valence-corrected chi connectivity index (χ2v) is 5.61. The molecule has 0 N–H and O–H groups in total. The van der Waals surface area contributed by atoms with Crippen LogP contribution in [0.1, 0.15) is 25.2 Å². The van der Waals surface area contributed by atoms with Crippen LogP contribution in [0.15, 0.2) is 28.8 Å². The number of likely N-dealkylation sites (tertiary alicyclic amines) is 1. The number of benzene rings is 1. The minimum absolute atomic E-state index is 0.637. The van der Waals surface area contributed by atoms with Gasteiger partial charge in [0.15, 0.2) is 0 Å². The van der Waals surface area contributed by atoms with Crippen molar-refractivity contribution in [2.45, 2.75) is 25.7 Å². The van der Waals surface area contributed by atoms with Gasteiger partial charge in [0.05, 0.1) is 0 Å². The molecule has 2 heterocycles. The largest absolute Gasteiger partial charge is 0.339 e. The van der Waals surface area contributed by atoms with Crippen molar-refractivity contribution in [1.82, 2.24) is 15.0 Å². The maximum atomic E-state index is 5.87. The lowest BCUT2D eigenvalue weighted by atomic mass is 10.2. The zero-order chi connectivity index (χ0) is 13.8. The van der Waals surface area contributed by atoms with Crippen LogP contribution in [0.25, 0.3) is 11.4 Å². The van der Waals surface area contributed by atoms with E-state index >= 15 is 0 Å². The zero-order valence-electron chi connectivity index (χ0n) is 11.4. The highest BCUT2D eigenvalue weighted by atomic mass is 35.5. The molecule has 0 radical (unpaired) electrons. The molecule has 0 spiro atoms. The fraction of sp³-hybridized carbons (Fsp3) is 0.467. The molecule has 20 heavy (non-hydrogen) atoms. The van der Waals surface area contributed by atoms with E-state index < -0.39 is 0 Å². The van der Waals surface area contributed by atoms with Gasteiger partial charge in [-0.15, -0.1) is 0 Å². The smallest absolute Gasteiger partial charge is 0.227 e. The summed E-state index contributed by atoms with van der Waals surface area (Å²) < 4.78 is 5.30. The van der Waals surface area contributed by atoms with E-state index in [0.29, 0.717) is 16.7 Å². The summed E-state index contributed by atoms with van der Waals surface area (Å²) >= 11 is 5.87. The third-order valence-corrected chi connectivity index (χ3v) is 3.89. The fourth-order valence-corrected chi connectivity index (χ4v) is 2.66. The van der Waals surface area contributed by atoms with E-state index in [2.05, 4.69) is 15.0 Å². The van der Waals surface area contributed by atoms with E-state index in [1.165, 1.54) is 25.9 Å². The summed E-state index contributed by atoms with van der Waals surface area (Å²) in [6.45, 7) is 3.60. The van der Waals surface area contributed by atoms with E-state index in [0.717, 1.165) is 24.9 Å². The Bertz CT molecular complexity index is 547. The molecule has 1 aliphatic rings. The van der Waals surface area contributed by atoms with E-state index in [1.54, 1.807) is 0 Å². The van der Waals surface area contributed by atoms with Crippen molar-refractivity contribution in [3.8, 4) is 11.4 Å². The van der Waals surface area contributed by atoms with Crippen molar-refractivity contribution >= 4 is 11.6 Å². The lowest BCUT2D eigenvalue weighted by molar-refractivity contribution is 0.319. The molecule has 1 aromatic carbocycles. The monoisotopic (exact) mass is 291 g/mol. The summed E-state index contributed by atoms with van der Waals surface area (Å²) in [5.41, 5.74) is 0.934. The van der Waals surface area contributed by atoms with Crippen molar-refractivity contribution < 1.29 is 4.52 Å². The van der Waals surface area contributed by atoms with Gasteiger partial charge < -0.3 is 9.42 Å². The molecule has 1 saturated heterocycles. The second kappa shape index (κ2) is 6.37. The number of hydrogen-bond acceptors (Lipinski definition) is 4. The van der Waals surface area contributed by atoms with Crippen molar-refractivity contribution in [1.29, 1.82) is 0 Å². The summed E-state index contributed by atoms with van der Waals surface area (Å²) in [4.78, 5) is 6.93. The van der Waals surface area contributed by atoms with Gasteiger partial charge in [-0.2, -0.15) is 4.98 Å². The van der Waals surface area contributed by atoms with Crippen molar-refractivity contribution in [3.63, 3.8) is 0 Å². The minimum Gasteiger partial charge on any atom is -0.339 e. The first-order valence-corrected chi connectivity index (χ1v) is 7.50. The zero-order valence-corrected chi connectivity index (χ0v) is 12.1. The Morgan fingerprint density at radius 2 is 1.90 bits per heavy atom. The Morgan fingerprint density at radius 1 is 1.15 bits per heavy atom. The molecule has 5 heteroatoms. The molecule has 0 atom stereocenters. The lowest BCUT2D eigenvalue weighted by Crippen LogP contribution is -2.20. The normalized spacial score (nSPS) is 15.8. The van der Waals surface area contributed by atoms with Crippen molar-refractivity contribution in [2.75, 3.05) is 19.6 Å². The van der Waals surface area contributed by atoms with Crippen LogP contribution in [0.2, 0.25) is 5.02 Å². The maximum Gasteiger partial charge on any atom is 0.227 e. The molecule has 0 aliphatic carbocycles. The number of rotatable bonds is 5. The van der Waals surface area contributed by atoms with Crippen LogP contribution >= 0.6 is 11.6 Å². The molecule has 106 valence electrons.